The molecule has 1 rings (SSSR count). The maximum atomic E-state index is 5.07. The summed E-state index contributed by atoms with van der Waals surface area (Å²) in [5.41, 5.74) is 1.35. The lowest BCUT2D eigenvalue weighted by atomic mass is 9.98. The van der Waals surface area contributed by atoms with Gasteiger partial charge in [0.1, 0.15) is 6.23 Å². The summed E-state index contributed by atoms with van der Waals surface area (Å²) in [7, 11) is 1.71. The fraction of sp³-hybridized carbons (Fsp3) is 0.889. The molecule has 0 aromatic rings. The molecule has 1 atom stereocenters. The van der Waals surface area contributed by atoms with Gasteiger partial charge in [-0.15, -0.1) is 0 Å². The van der Waals surface area contributed by atoms with Gasteiger partial charge in [0.2, 0.25) is 0 Å². The first kappa shape index (κ1) is 8.72. The zero-order valence-electron chi connectivity index (χ0n) is 7.47. The van der Waals surface area contributed by atoms with E-state index in [0.717, 1.165) is 0 Å². The molecular weight excluding hydrogens is 138 g/mol. The Balaban J connectivity index is 2.37. The van der Waals surface area contributed by atoms with Crippen molar-refractivity contribution in [3.8, 4) is 0 Å². The van der Waals surface area contributed by atoms with Crippen LogP contribution in [0.3, 0.4) is 0 Å². The minimum absolute atomic E-state index is 0.0584. The molecule has 2 nitrogen and oxygen atoms in total. The first-order valence-electron chi connectivity index (χ1n) is 4.41. The Morgan fingerprint density at radius 1 is 1.27 bits per heavy atom. The lowest BCUT2D eigenvalue weighted by molar-refractivity contribution is 0.125. The van der Waals surface area contributed by atoms with Gasteiger partial charge in [-0.3, -0.25) is 4.99 Å². The van der Waals surface area contributed by atoms with Crippen LogP contribution in [0.4, 0.5) is 0 Å². The third-order valence-electron chi connectivity index (χ3n) is 2.14. The Labute approximate surface area is 68.7 Å². The van der Waals surface area contributed by atoms with Crippen molar-refractivity contribution in [1.82, 2.24) is 0 Å². The summed E-state index contributed by atoms with van der Waals surface area (Å²) < 4.78 is 5.07. The minimum Gasteiger partial charge on any atom is -0.360 e. The van der Waals surface area contributed by atoms with Crippen LogP contribution in [-0.2, 0) is 4.74 Å². The molecule has 64 valence electrons. The van der Waals surface area contributed by atoms with Crippen LogP contribution in [0.1, 0.15) is 39.0 Å². The Kier molecular flexibility index (Phi) is 3.57. The third-order valence-corrected chi connectivity index (χ3v) is 2.14. The lowest BCUT2D eigenvalue weighted by Gasteiger charge is -2.14. The van der Waals surface area contributed by atoms with E-state index in [1.165, 1.54) is 37.8 Å². The van der Waals surface area contributed by atoms with Crippen molar-refractivity contribution in [2.24, 2.45) is 4.99 Å². The predicted octanol–water partition coefficient (Wildman–Crippen LogP) is 2.38. The topological polar surface area (TPSA) is 21.6 Å². The number of rotatable bonds is 2. The second-order valence-corrected chi connectivity index (χ2v) is 3.09. The molecule has 1 aliphatic carbocycles. The van der Waals surface area contributed by atoms with Crippen LogP contribution >= 0.6 is 0 Å². The Hall–Kier alpha value is -0.370. The van der Waals surface area contributed by atoms with Gasteiger partial charge in [-0.05, 0) is 32.6 Å². The molecule has 0 saturated heterocycles. The summed E-state index contributed by atoms with van der Waals surface area (Å²) >= 11 is 0. The molecule has 11 heavy (non-hydrogen) atoms. The van der Waals surface area contributed by atoms with Crippen LogP contribution in [0, 0.1) is 0 Å². The van der Waals surface area contributed by atoms with E-state index >= 15 is 0 Å². The molecule has 1 saturated carbocycles. The van der Waals surface area contributed by atoms with Crippen molar-refractivity contribution in [3.63, 3.8) is 0 Å². The summed E-state index contributed by atoms with van der Waals surface area (Å²) in [6.45, 7) is 1.99. The van der Waals surface area contributed by atoms with E-state index in [0.29, 0.717) is 0 Å². The van der Waals surface area contributed by atoms with E-state index in [-0.39, 0.29) is 6.23 Å². The molecule has 0 N–H and O–H groups in total. The van der Waals surface area contributed by atoms with Gasteiger partial charge in [-0.1, -0.05) is 6.42 Å². The van der Waals surface area contributed by atoms with Crippen molar-refractivity contribution in [2.75, 3.05) is 7.11 Å². The van der Waals surface area contributed by atoms with Gasteiger partial charge in [0.05, 0.1) is 0 Å². The standard InChI is InChI=1S/C9H17NO/c1-8(11-2)10-9-6-4-3-5-7-9/h8H,3-7H2,1-2H3. The van der Waals surface area contributed by atoms with Gasteiger partial charge in [-0.2, -0.15) is 0 Å². The number of hydrogen-bond donors (Lipinski definition) is 0. The predicted molar refractivity (Wildman–Crippen MR) is 47.0 cm³/mol. The number of hydrogen-bond acceptors (Lipinski definition) is 2. The molecule has 2 heteroatoms. The number of methoxy groups -OCH3 is 1. The molecule has 0 spiro atoms. The third kappa shape index (κ3) is 3.02. The Morgan fingerprint density at radius 2 is 1.91 bits per heavy atom. The quantitative estimate of drug-likeness (QED) is 0.600. The Morgan fingerprint density at radius 3 is 2.45 bits per heavy atom. The zero-order valence-corrected chi connectivity index (χ0v) is 7.47. The Bertz CT molecular complexity index is 134. The normalized spacial score (nSPS) is 21.5. The molecule has 1 unspecified atom stereocenters. The van der Waals surface area contributed by atoms with Gasteiger partial charge < -0.3 is 4.74 Å². The van der Waals surface area contributed by atoms with Crippen molar-refractivity contribution in [1.29, 1.82) is 0 Å². The van der Waals surface area contributed by atoms with Crippen molar-refractivity contribution >= 4 is 5.71 Å². The van der Waals surface area contributed by atoms with E-state index < -0.39 is 0 Å². The first-order chi connectivity index (χ1) is 5.33. The molecular formula is C9H17NO. The second-order valence-electron chi connectivity index (χ2n) is 3.09. The van der Waals surface area contributed by atoms with Gasteiger partial charge in [0, 0.05) is 12.8 Å². The van der Waals surface area contributed by atoms with Crippen LogP contribution in [0.25, 0.3) is 0 Å². The minimum atomic E-state index is 0.0584. The fourth-order valence-corrected chi connectivity index (χ4v) is 1.40. The zero-order chi connectivity index (χ0) is 8.10. The highest BCUT2D eigenvalue weighted by atomic mass is 16.5. The number of nitrogens with zero attached hydrogens (tertiary/aromatic N) is 1. The second kappa shape index (κ2) is 4.50. The summed E-state index contributed by atoms with van der Waals surface area (Å²) in [5.74, 6) is 0. The first-order valence-corrected chi connectivity index (χ1v) is 4.41. The van der Waals surface area contributed by atoms with Gasteiger partial charge in [0.25, 0.3) is 0 Å². The van der Waals surface area contributed by atoms with Crippen molar-refractivity contribution < 1.29 is 4.74 Å². The monoisotopic (exact) mass is 155 g/mol. The van der Waals surface area contributed by atoms with E-state index in [1.54, 1.807) is 7.11 Å². The average molecular weight is 155 g/mol. The molecule has 1 aliphatic rings. The van der Waals surface area contributed by atoms with Gasteiger partial charge in [-0.25, -0.2) is 0 Å². The highest BCUT2D eigenvalue weighted by molar-refractivity contribution is 5.85. The van der Waals surface area contributed by atoms with Gasteiger partial charge >= 0.3 is 0 Å². The summed E-state index contributed by atoms with van der Waals surface area (Å²) in [6, 6.07) is 0. The van der Waals surface area contributed by atoms with Crippen LogP contribution < -0.4 is 0 Å². The smallest absolute Gasteiger partial charge is 0.145 e. The van der Waals surface area contributed by atoms with Crippen LogP contribution in [0.15, 0.2) is 4.99 Å². The molecule has 0 heterocycles. The highest BCUT2D eigenvalue weighted by Crippen LogP contribution is 2.15. The van der Waals surface area contributed by atoms with Crippen LogP contribution in [0.2, 0.25) is 0 Å². The molecule has 0 radical (unpaired) electrons. The molecule has 0 aromatic heterocycles. The maximum Gasteiger partial charge on any atom is 0.145 e. The lowest BCUT2D eigenvalue weighted by Crippen LogP contribution is -2.10. The fourth-order valence-electron chi connectivity index (χ4n) is 1.40. The SMILES string of the molecule is COC(C)N=C1CCCCC1. The number of aliphatic imine (C=N–C) groups is 1. The van der Waals surface area contributed by atoms with Crippen molar-refractivity contribution in [2.45, 2.75) is 45.3 Å². The van der Waals surface area contributed by atoms with Crippen LogP contribution in [0.5, 0.6) is 0 Å². The van der Waals surface area contributed by atoms with E-state index in [2.05, 4.69) is 4.99 Å². The highest BCUT2D eigenvalue weighted by Gasteiger charge is 2.07. The molecule has 0 bridgehead atoms. The molecule has 0 aliphatic heterocycles. The summed E-state index contributed by atoms with van der Waals surface area (Å²) in [4.78, 5) is 4.45. The maximum absolute atomic E-state index is 5.07. The largest absolute Gasteiger partial charge is 0.360 e. The van der Waals surface area contributed by atoms with Crippen molar-refractivity contribution in [3.05, 3.63) is 0 Å². The summed E-state index contributed by atoms with van der Waals surface area (Å²) in [5, 5.41) is 0. The number of ether oxygens (including phenoxy) is 1. The summed E-state index contributed by atoms with van der Waals surface area (Å²) in [6.07, 6.45) is 6.44. The van der Waals surface area contributed by atoms with Crippen LogP contribution in [-0.4, -0.2) is 19.0 Å². The van der Waals surface area contributed by atoms with E-state index in [1.807, 2.05) is 6.92 Å². The molecule has 0 amide bonds. The van der Waals surface area contributed by atoms with E-state index in [4.69, 9.17) is 4.74 Å². The average Bonchev–Trinajstić information content (AvgIpc) is 2.06. The van der Waals surface area contributed by atoms with E-state index in [9.17, 15) is 0 Å². The molecule has 1 fully saturated rings. The van der Waals surface area contributed by atoms with Gasteiger partial charge in [0.15, 0.2) is 0 Å². The molecule has 0 aromatic carbocycles.